The van der Waals surface area contributed by atoms with Crippen molar-refractivity contribution < 1.29 is 37.7 Å². The number of carboxylic acids is 1. The molecule has 204 valence electrons. The summed E-state index contributed by atoms with van der Waals surface area (Å²) in [5, 5.41) is 12.0. The Morgan fingerprint density at radius 2 is 1.44 bits per heavy atom. The van der Waals surface area contributed by atoms with Crippen LogP contribution in [0.3, 0.4) is 0 Å². The number of aliphatic carboxylic acids is 1. The second kappa shape index (κ2) is 10.8. The quantitative estimate of drug-likeness (QED) is 0.360. The fraction of sp³-hybridized carbons (Fsp3) is 0.300. The van der Waals surface area contributed by atoms with Crippen LogP contribution in [0, 0.1) is 0 Å². The van der Waals surface area contributed by atoms with Gasteiger partial charge in [0.15, 0.2) is 0 Å². The van der Waals surface area contributed by atoms with Gasteiger partial charge in [-0.2, -0.15) is 8.78 Å². The van der Waals surface area contributed by atoms with E-state index < -0.39 is 41.2 Å². The van der Waals surface area contributed by atoms with Crippen molar-refractivity contribution in [1.29, 1.82) is 0 Å². The van der Waals surface area contributed by atoms with E-state index >= 15 is 0 Å². The Morgan fingerprint density at radius 3 is 1.95 bits per heavy atom. The highest BCUT2D eigenvalue weighted by molar-refractivity contribution is 5.82. The van der Waals surface area contributed by atoms with Crippen LogP contribution in [0.15, 0.2) is 72.8 Å². The van der Waals surface area contributed by atoms with Crippen LogP contribution in [0.2, 0.25) is 0 Å². The number of fused-ring (bicyclic) bond motifs is 3. The molecule has 0 heterocycles. The third kappa shape index (κ3) is 6.25. The molecule has 2 N–H and O–H groups in total. The molecule has 0 aromatic heterocycles. The number of carbonyl (C=O) groups excluding carboxylic acids is 2. The van der Waals surface area contributed by atoms with E-state index in [1.54, 1.807) is 0 Å². The maximum Gasteiger partial charge on any atom is 0.407 e. The van der Waals surface area contributed by atoms with Gasteiger partial charge in [-0.15, -0.1) is 0 Å². The Hall–Kier alpha value is -4.27. The summed E-state index contributed by atoms with van der Waals surface area (Å²) < 4.78 is 39.3. The molecule has 1 amide bonds. The van der Waals surface area contributed by atoms with Crippen molar-refractivity contribution >= 4 is 18.0 Å². The van der Waals surface area contributed by atoms with Crippen molar-refractivity contribution in [1.82, 2.24) is 5.32 Å². The molecule has 0 unspecified atom stereocenters. The van der Waals surface area contributed by atoms with Crippen molar-refractivity contribution in [3.63, 3.8) is 0 Å². The van der Waals surface area contributed by atoms with E-state index in [2.05, 4.69) is 5.32 Å². The summed E-state index contributed by atoms with van der Waals surface area (Å²) in [7, 11) is 0. The first-order chi connectivity index (χ1) is 18.4. The number of alkyl halides is 2. The van der Waals surface area contributed by atoms with Crippen LogP contribution in [0.25, 0.3) is 11.1 Å². The van der Waals surface area contributed by atoms with Crippen molar-refractivity contribution in [3.8, 4) is 11.1 Å². The first-order valence-corrected chi connectivity index (χ1v) is 12.4. The number of halogens is 2. The molecule has 0 saturated heterocycles. The second-order valence-corrected chi connectivity index (χ2v) is 10.3. The van der Waals surface area contributed by atoms with Gasteiger partial charge < -0.3 is 19.9 Å². The summed E-state index contributed by atoms with van der Waals surface area (Å²) in [6.45, 7) is 4.47. The molecular weight excluding hydrogens is 508 g/mol. The minimum atomic E-state index is -3.88. The van der Waals surface area contributed by atoms with E-state index in [0.29, 0.717) is 5.56 Å². The fourth-order valence-electron chi connectivity index (χ4n) is 4.53. The number of esters is 1. The van der Waals surface area contributed by atoms with Gasteiger partial charge in [0.25, 0.3) is 0 Å². The molecule has 1 aliphatic rings. The van der Waals surface area contributed by atoms with Gasteiger partial charge in [-0.25, -0.2) is 14.4 Å². The lowest BCUT2D eigenvalue weighted by atomic mass is 9.98. The number of carbonyl (C=O) groups is 3. The van der Waals surface area contributed by atoms with Crippen molar-refractivity contribution in [3.05, 3.63) is 95.1 Å². The molecule has 3 aromatic carbocycles. The van der Waals surface area contributed by atoms with Gasteiger partial charge >= 0.3 is 24.0 Å². The van der Waals surface area contributed by atoms with Gasteiger partial charge in [-0.1, -0.05) is 72.8 Å². The summed E-state index contributed by atoms with van der Waals surface area (Å²) in [4.78, 5) is 36.3. The zero-order valence-corrected chi connectivity index (χ0v) is 21.7. The van der Waals surface area contributed by atoms with E-state index in [-0.39, 0.29) is 18.9 Å². The van der Waals surface area contributed by atoms with Crippen LogP contribution in [-0.4, -0.2) is 41.4 Å². The van der Waals surface area contributed by atoms with Gasteiger partial charge in [0.2, 0.25) is 0 Å². The average molecular weight is 538 g/mol. The first kappa shape index (κ1) is 27.8. The Balaban J connectivity index is 1.39. The minimum Gasteiger partial charge on any atom is -0.480 e. The highest BCUT2D eigenvalue weighted by Crippen LogP contribution is 2.44. The van der Waals surface area contributed by atoms with E-state index in [4.69, 9.17) is 9.47 Å². The van der Waals surface area contributed by atoms with Crippen LogP contribution in [-0.2, 0) is 31.4 Å². The van der Waals surface area contributed by atoms with E-state index in [1.807, 2.05) is 48.5 Å². The Kier molecular flexibility index (Phi) is 7.72. The number of amides is 1. The normalized spacial score (nSPS) is 13.7. The third-order valence-corrected chi connectivity index (χ3v) is 6.35. The highest BCUT2D eigenvalue weighted by Gasteiger charge is 2.44. The fourth-order valence-corrected chi connectivity index (χ4v) is 4.53. The lowest BCUT2D eigenvalue weighted by Crippen LogP contribution is -2.43. The largest absolute Gasteiger partial charge is 0.480 e. The summed E-state index contributed by atoms with van der Waals surface area (Å²) in [5.74, 6) is -7.06. The standard InChI is InChI=1S/C30H29F2NO6/c1-29(2,3)39-27(36)30(31,32)19-14-12-18(13-15-19)16-25(26(34)35)33-28(37)38-17-24-22-10-6-4-8-20(22)21-9-5-7-11-23(21)24/h4-15,24-25H,16-17H2,1-3H3,(H,33,37)(H,34,35)/t25-/m1/s1. The maximum absolute atomic E-state index is 14.5. The van der Waals surface area contributed by atoms with Gasteiger partial charge in [-0.3, -0.25) is 0 Å². The molecule has 0 saturated carbocycles. The molecule has 3 aromatic rings. The Bertz CT molecular complexity index is 1340. The summed E-state index contributed by atoms with van der Waals surface area (Å²) in [6, 6.07) is 18.9. The van der Waals surface area contributed by atoms with Gasteiger partial charge in [0, 0.05) is 17.9 Å². The van der Waals surface area contributed by atoms with E-state index in [9.17, 15) is 28.3 Å². The number of nitrogens with one attached hydrogen (secondary N) is 1. The van der Waals surface area contributed by atoms with Crippen LogP contribution in [0.1, 0.15) is 48.9 Å². The monoisotopic (exact) mass is 537 g/mol. The van der Waals surface area contributed by atoms with Gasteiger partial charge in [0.05, 0.1) is 0 Å². The van der Waals surface area contributed by atoms with E-state index in [0.717, 1.165) is 34.4 Å². The molecule has 0 aliphatic heterocycles. The van der Waals surface area contributed by atoms with Crippen LogP contribution >= 0.6 is 0 Å². The molecule has 9 heteroatoms. The summed E-state index contributed by atoms with van der Waals surface area (Å²) in [5.41, 5.74) is 2.86. The van der Waals surface area contributed by atoms with Crippen LogP contribution in [0.4, 0.5) is 13.6 Å². The zero-order chi connectivity index (χ0) is 28.4. The number of benzene rings is 3. The van der Waals surface area contributed by atoms with E-state index in [1.165, 1.54) is 32.9 Å². The number of hydrogen-bond acceptors (Lipinski definition) is 5. The Morgan fingerprint density at radius 1 is 0.897 bits per heavy atom. The topological polar surface area (TPSA) is 102 Å². The molecule has 0 fully saturated rings. The predicted molar refractivity (Wildman–Crippen MR) is 140 cm³/mol. The molecule has 1 aliphatic carbocycles. The Labute approximate surface area is 224 Å². The molecule has 0 bridgehead atoms. The summed E-state index contributed by atoms with van der Waals surface area (Å²) in [6.07, 6.45) is -1.09. The molecule has 0 radical (unpaired) electrons. The van der Waals surface area contributed by atoms with Crippen LogP contribution in [0.5, 0.6) is 0 Å². The van der Waals surface area contributed by atoms with Crippen molar-refractivity contribution in [2.24, 2.45) is 0 Å². The molecule has 4 rings (SSSR count). The molecule has 39 heavy (non-hydrogen) atoms. The van der Waals surface area contributed by atoms with Crippen molar-refractivity contribution in [2.75, 3.05) is 6.61 Å². The highest BCUT2D eigenvalue weighted by atomic mass is 19.3. The lowest BCUT2D eigenvalue weighted by molar-refractivity contribution is -0.185. The number of rotatable bonds is 8. The molecule has 7 nitrogen and oxygen atoms in total. The molecule has 0 spiro atoms. The lowest BCUT2D eigenvalue weighted by Gasteiger charge is -2.24. The van der Waals surface area contributed by atoms with Gasteiger partial charge in [0.1, 0.15) is 18.2 Å². The first-order valence-electron chi connectivity index (χ1n) is 12.4. The zero-order valence-electron chi connectivity index (χ0n) is 21.7. The molecule has 1 atom stereocenters. The maximum atomic E-state index is 14.5. The third-order valence-electron chi connectivity index (χ3n) is 6.35. The van der Waals surface area contributed by atoms with Crippen LogP contribution < -0.4 is 5.32 Å². The van der Waals surface area contributed by atoms with Crippen molar-refractivity contribution in [2.45, 2.75) is 50.7 Å². The predicted octanol–water partition coefficient (Wildman–Crippen LogP) is 5.65. The minimum absolute atomic E-state index is 0.0145. The number of carboxylic acid groups (broad SMARTS) is 1. The smallest absolute Gasteiger partial charge is 0.407 e. The number of alkyl carbamates (subject to hydrolysis) is 1. The molecular formula is C30H29F2NO6. The number of hydrogen-bond donors (Lipinski definition) is 2. The second-order valence-electron chi connectivity index (χ2n) is 10.3. The summed E-state index contributed by atoms with van der Waals surface area (Å²) >= 11 is 0. The van der Waals surface area contributed by atoms with Gasteiger partial charge in [-0.05, 0) is 48.6 Å². The average Bonchev–Trinajstić information content (AvgIpc) is 3.20. The SMILES string of the molecule is CC(C)(C)OC(=O)C(F)(F)c1ccc(C[C@@H](NC(=O)OCC2c3ccccc3-c3ccccc32)C(=O)O)cc1. The number of ether oxygens (including phenoxy) is 2.